The molecule has 0 saturated heterocycles. The van der Waals surface area contributed by atoms with E-state index in [1.807, 2.05) is 24.3 Å². The molecule has 0 heterocycles. The third-order valence-corrected chi connectivity index (χ3v) is 3.74. The van der Waals surface area contributed by atoms with E-state index in [1.54, 1.807) is 12.1 Å². The van der Waals surface area contributed by atoms with E-state index in [0.29, 0.717) is 17.0 Å². The Morgan fingerprint density at radius 1 is 1.11 bits per heavy atom. The molecule has 0 aliphatic heterocycles. The second kappa shape index (κ2) is 7.04. The van der Waals surface area contributed by atoms with E-state index in [2.05, 4.69) is 15.9 Å². The molecule has 1 nitrogen and oxygen atoms in total. The number of rotatable bonds is 5. The summed E-state index contributed by atoms with van der Waals surface area (Å²) >= 11 is 9.49. The van der Waals surface area contributed by atoms with Crippen LogP contribution in [-0.4, -0.2) is 5.33 Å². The maximum Gasteiger partial charge on any atom is 0.123 e. The number of ether oxygens (including phenoxy) is 1. The number of hydrogen-bond acceptors (Lipinski definition) is 1. The van der Waals surface area contributed by atoms with Gasteiger partial charge >= 0.3 is 0 Å². The van der Waals surface area contributed by atoms with Gasteiger partial charge < -0.3 is 4.74 Å². The zero-order valence-corrected chi connectivity index (χ0v) is 12.5. The zero-order valence-electron chi connectivity index (χ0n) is 10.2. The molecule has 0 N–H and O–H groups in total. The van der Waals surface area contributed by atoms with Crippen molar-refractivity contribution in [3.05, 3.63) is 70.5 Å². The number of alkyl halides is 1. The predicted octanol–water partition coefficient (Wildman–Crippen LogP) is 5.13. The van der Waals surface area contributed by atoms with Crippen LogP contribution in [0.2, 0.25) is 5.02 Å². The fraction of sp³-hybridized carbons (Fsp3) is 0.200. The number of hydrogen-bond donors (Lipinski definition) is 0. The third-order valence-electron chi connectivity index (χ3n) is 2.78. The average Bonchev–Trinajstić information content (AvgIpc) is 2.43. The molecule has 0 aromatic heterocycles. The lowest BCUT2D eigenvalue weighted by atomic mass is 10.1. The average molecular weight is 344 g/mol. The van der Waals surface area contributed by atoms with Gasteiger partial charge in [-0.3, -0.25) is 0 Å². The summed E-state index contributed by atoms with van der Waals surface area (Å²) in [6.45, 7) is 0.424. The third kappa shape index (κ3) is 4.03. The Morgan fingerprint density at radius 3 is 2.42 bits per heavy atom. The minimum absolute atomic E-state index is 0.128. The molecule has 0 fully saturated rings. The van der Waals surface area contributed by atoms with Crippen LogP contribution in [0.25, 0.3) is 0 Å². The van der Waals surface area contributed by atoms with Crippen LogP contribution in [0.15, 0.2) is 48.5 Å². The molecular weight excluding hydrogens is 331 g/mol. The highest BCUT2D eigenvalue weighted by Crippen LogP contribution is 2.24. The van der Waals surface area contributed by atoms with Crippen LogP contribution in [0.4, 0.5) is 4.39 Å². The molecule has 2 aromatic rings. The lowest BCUT2D eigenvalue weighted by Gasteiger charge is -2.16. The summed E-state index contributed by atoms with van der Waals surface area (Å²) < 4.78 is 18.7. The van der Waals surface area contributed by atoms with Crippen LogP contribution in [0.3, 0.4) is 0 Å². The van der Waals surface area contributed by atoms with Crippen molar-refractivity contribution in [2.45, 2.75) is 12.7 Å². The Kier molecular flexibility index (Phi) is 5.37. The van der Waals surface area contributed by atoms with E-state index in [9.17, 15) is 4.39 Å². The summed E-state index contributed by atoms with van der Waals surface area (Å²) in [7, 11) is 0. The van der Waals surface area contributed by atoms with E-state index in [4.69, 9.17) is 16.3 Å². The van der Waals surface area contributed by atoms with E-state index in [0.717, 1.165) is 11.1 Å². The molecule has 0 aliphatic rings. The van der Waals surface area contributed by atoms with Gasteiger partial charge in [0.1, 0.15) is 5.82 Å². The van der Waals surface area contributed by atoms with E-state index in [-0.39, 0.29) is 11.9 Å². The molecule has 1 atom stereocenters. The highest BCUT2D eigenvalue weighted by molar-refractivity contribution is 9.09. The topological polar surface area (TPSA) is 9.23 Å². The maximum atomic E-state index is 12.9. The first kappa shape index (κ1) is 14.5. The van der Waals surface area contributed by atoms with Crippen LogP contribution < -0.4 is 0 Å². The summed E-state index contributed by atoms with van der Waals surface area (Å²) in [4.78, 5) is 0. The molecule has 2 aromatic carbocycles. The minimum Gasteiger partial charge on any atom is -0.368 e. The fourth-order valence-corrected chi connectivity index (χ4v) is 2.46. The van der Waals surface area contributed by atoms with Gasteiger partial charge in [-0.05, 0) is 29.3 Å². The predicted molar refractivity (Wildman–Crippen MR) is 79.2 cm³/mol. The molecular formula is C15H13BrClFO. The number of halogens is 3. The van der Waals surface area contributed by atoms with E-state index >= 15 is 0 Å². The van der Waals surface area contributed by atoms with Crippen molar-refractivity contribution in [2.24, 2.45) is 0 Å². The Hall–Kier alpha value is -0.900. The molecule has 0 amide bonds. The van der Waals surface area contributed by atoms with Gasteiger partial charge in [0.15, 0.2) is 0 Å². The first-order chi connectivity index (χ1) is 9.20. The summed E-state index contributed by atoms with van der Waals surface area (Å²) in [5.74, 6) is -0.247. The van der Waals surface area contributed by atoms with Gasteiger partial charge in [-0.2, -0.15) is 0 Å². The smallest absolute Gasteiger partial charge is 0.123 e. The molecule has 2 rings (SSSR count). The Morgan fingerprint density at radius 2 is 1.79 bits per heavy atom. The van der Waals surface area contributed by atoms with Crippen LogP contribution in [0.1, 0.15) is 17.2 Å². The van der Waals surface area contributed by atoms with Gasteiger partial charge in [0.2, 0.25) is 0 Å². The normalized spacial score (nSPS) is 12.4. The second-order valence-corrected chi connectivity index (χ2v) is 5.15. The zero-order chi connectivity index (χ0) is 13.7. The highest BCUT2D eigenvalue weighted by Gasteiger charge is 2.11. The summed E-state index contributed by atoms with van der Waals surface area (Å²) in [6.07, 6.45) is -0.128. The molecule has 100 valence electrons. The summed E-state index contributed by atoms with van der Waals surface area (Å²) in [5.41, 5.74) is 1.88. The standard InChI is InChI=1S/C15H13BrClFO/c16-9-15(11-5-7-13(18)8-6-11)19-10-12-3-1-2-4-14(12)17/h1-8,15H,9-10H2. The monoisotopic (exact) mass is 342 g/mol. The van der Waals surface area contributed by atoms with Crippen molar-refractivity contribution < 1.29 is 9.13 Å². The van der Waals surface area contributed by atoms with Crippen LogP contribution >= 0.6 is 27.5 Å². The quantitative estimate of drug-likeness (QED) is 0.684. The van der Waals surface area contributed by atoms with Crippen molar-refractivity contribution in [1.29, 1.82) is 0 Å². The summed E-state index contributed by atoms with van der Waals surface area (Å²) in [5, 5.41) is 1.33. The summed E-state index contributed by atoms with van der Waals surface area (Å²) in [6, 6.07) is 13.9. The Labute approximate surface area is 125 Å². The van der Waals surface area contributed by atoms with Crippen molar-refractivity contribution >= 4 is 27.5 Å². The molecule has 1 unspecified atom stereocenters. The molecule has 19 heavy (non-hydrogen) atoms. The van der Waals surface area contributed by atoms with Gasteiger partial charge in [-0.25, -0.2) is 4.39 Å². The minimum atomic E-state index is -0.247. The lowest BCUT2D eigenvalue weighted by Crippen LogP contribution is -2.06. The van der Waals surface area contributed by atoms with Gasteiger partial charge in [0.05, 0.1) is 12.7 Å². The van der Waals surface area contributed by atoms with Gasteiger partial charge in [0.25, 0.3) is 0 Å². The second-order valence-electron chi connectivity index (χ2n) is 4.10. The van der Waals surface area contributed by atoms with Gasteiger partial charge in [-0.15, -0.1) is 0 Å². The van der Waals surface area contributed by atoms with Gasteiger partial charge in [-0.1, -0.05) is 57.9 Å². The van der Waals surface area contributed by atoms with Crippen LogP contribution in [-0.2, 0) is 11.3 Å². The van der Waals surface area contributed by atoms with E-state index < -0.39 is 0 Å². The van der Waals surface area contributed by atoms with Crippen LogP contribution in [0.5, 0.6) is 0 Å². The largest absolute Gasteiger partial charge is 0.368 e. The van der Waals surface area contributed by atoms with Crippen molar-refractivity contribution in [1.82, 2.24) is 0 Å². The van der Waals surface area contributed by atoms with Crippen molar-refractivity contribution in [3.8, 4) is 0 Å². The first-order valence-corrected chi connectivity index (χ1v) is 7.37. The molecule has 4 heteroatoms. The molecule has 0 saturated carbocycles. The fourth-order valence-electron chi connectivity index (χ4n) is 1.71. The Bertz CT molecular complexity index is 530. The molecule has 0 bridgehead atoms. The van der Waals surface area contributed by atoms with Crippen molar-refractivity contribution in [3.63, 3.8) is 0 Å². The molecule has 0 spiro atoms. The first-order valence-electron chi connectivity index (χ1n) is 5.87. The van der Waals surface area contributed by atoms with Crippen molar-refractivity contribution in [2.75, 3.05) is 5.33 Å². The van der Waals surface area contributed by atoms with Crippen LogP contribution in [0, 0.1) is 5.82 Å². The lowest BCUT2D eigenvalue weighted by molar-refractivity contribution is 0.0566. The highest BCUT2D eigenvalue weighted by atomic mass is 79.9. The molecule has 0 aliphatic carbocycles. The Balaban J connectivity index is 2.04. The maximum absolute atomic E-state index is 12.9. The van der Waals surface area contributed by atoms with E-state index in [1.165, 1.54) is 12.1 Å². The molecule has 0 radical (unpaired) electrons. The SMILES string of the molecule is Fc1ccc(C(CBr)OCc2ccccc2Cl)cc1. The number of benzene rings is 2. The van der Waals surface area contributed by atoms with Gasteiger partial charge in [0, 0.05) is 10.4 Å².